The molecule has 0 fully saturated rings. The molecule has 0 aromatic heterocycles. The minimum absolute atomic E-state index is 0.00728. The van der Waals surface area contributed by atoms with Crippen LogP contribution in [0.3, 0.4) is 0 Å². The maximum Gasteiger partial charge on any atom is 0.268 e. The number of amides is 1. The summed E-state index contributed by atoms with van der Waals surface area (Å²) in [6.07, 6.45) is 68.1. The van der Waals surface area contributed by atoms with Crippen LogP contribution in [0.25, 0.3) is 0 Å². The van der Waals surface area contributed by atoms with Crippen molar-refractivity contribution in [3.63, 3.8) is 0 Å². The molecule has 0 saturated carbocycles. The number of quaternary nitrogens is 1. The van der Waals surface area contributed by atoms with Crippen LogP contribution < -0.4 is 10.2 Å². The Labute approximate surface area is 436 Å². The van der Waals surface area contributed by atoms with E-state index in [4.69, 9.17) is 9.05 Å². The Balaban J connectivity index is 4.22. The molecule has 3 atom stereocenters. The van der Waals surface area contributed by atoms with Gasteiger partial charge in [0.25, 0.3) is 7.82 Å². The molecule has 2 N–H and O–H groups in total. The molecule has 414 valence electrons. The first-order chi connectivity index (χ1) is 34.0. The second-order valence-electron chi connectivity index (χ2n) is 22.0. The summed E-state index contributed by atoms with van der Waals surface area (Å²) >= 11 is 0. The lowest BCUT2D eigenvalue weighted by Gasteiger charge is -2.29. The smallest absolute Gasteiger partial charge is 0.268 e. The highest BCUT2D eigenvalue weighted by Gasteiger charge is 2.23. The average Bonchev–Trinajstić information content (AvgIpc) is 3.32. The number of unbranched alkanes of at least 4 members (excludes halogenated alkanes) is 39. The van der Waals surface area contributed by atoms with E-state index in [-0.39, 0.29) is 12.5 Å². The Morgan fingerprint density at radius 2 is 0.800 bits per heavy atom. The van der Waals surface area contributed by atoms with E-state index in [1.54, 1.807) is 6.08 Å². The summed E-state index contributed by atoms with van der Waals surface area (Å²) < 4.78 is 23.4. The summed E-state index contributed by atoms with van der Waals surface area (Å²) in [5.74, 6) is -0.205. The minimum Gasteiger partial charge on any atom is -0.756 e. The van der Waals surface area contributed by atoms with Gasteiger partial charge in [-0.25, -0.2) is 0 Å². The molecule has 3 unspecified atom stereocenters. The first-order valence-corrected chi connectivity index (χ1v) is 31.8. The third-order valence-electron chi connectivity index (χ3n) is 13.8. The number of likely N-dealkylation sites (N-methyl/N-ethyl adjacent to an activating group) is 1. The van der Waals surface area contributed by atoms with Crippen LogP contribution in [0.1, 0.15) is 296 Å². The summed E-state index contributed by atoms with van der Waals surface area (Å²) in [7, 11) is 1.25. The molecule has 0 aromatic rings. The number of nitrogens with one attached hydrogen (secondary N) is 1. The summed E-state index contributed by atoms with van der Waals surface area (Å²) in [6, 6.07) is -0.908. The molecular weight excluding hydrogens is 888 g/mol. The van der Waals surface area contributed by atoms with Crippen molar-refractivity contribution in [2.24, 2.45) is 0 Å². The molecule has 0 radical (unpaired) electrons. The number of carbonyl (C=O) groups excluding carboxylic acids is 1. The molecule has 8 nitrogen and oxygen atoms in total. The normalized spacial score (nSPS) is 14.1. The van der Waals surface area contributed by atoms with Crippen LogP contribution in [0.15, 0.2) is 36.5 Å². The van der Waals surface area contributed by atoms with Gasteiger partial charge in [0.1, 0.15) is 13.2 Å². The molecule has 0 spiro atoms. The van der Waals surface area contributed by atoms with Crippen molar-refractivity contribution in [2.75, 3.05) is 40.9 Å². The second kappa shape index (κ2) is 52.6. The molecule has 0 rings (SSSR count). The Morgan fingerprint density at radius 1 is 0.486 bits per heavy atom. The van der Waals surface area contributed by atoms with E-state index in [2.05, 4.69) is 43.5 Å². The van der Waals surface area contributed by atoms with Gasteiger partial charge < -0.3 is 28.8 Å². The van der Waals surface area contributed by atoms with E-state index in [0.717, 1.165) is 44.9 Å². The number of hydrogen-bond acceptors (Lipinski definition) is 6. The minimum atomic E-state index is -4.61. The summed E-state index contributed by atoms with van der Waals surface area (Å²) in [6.45, 7) is 4.67. The molecular formula is C61H119N2O6P. The molecule has 0 heterocycles. The molecule has 0 aliphatic carbocycles. The number of hydrogen-bond donors (Lipinski definition) is 2. The van der Waals surface area contributed by atoms with E-state index in [9.17, 15) is 19.4 Å². The lowest BCUT2D eigenvalue weighted by atomic mass is 10.0. The van der Waals surface area contributed by atoms with Gasteiger partial charge >= 0.3 is 0 Å². The van der Waals surface area contributed by atoms with Crippen molar-refractivity contribution in [3.8, 4) is 0 Å². The molecule has 70 heavy (non-hydrogen) atoms. The molecule has 9 heteroatoms. The van der Waals surface area contributed by atoms with Crippen molar-refractivity contribution in [1.82, 2.24) is 5.32 Å². The molecule has 0 aliphatic rings. The van der Waals surface area contributed by atoms with Gasteiger partial charge in [-0.05, 0) is 44.9 Å². The lowest BCUT2D eigenvalue weighted by Crippen LogP contribution is -2.45. The first-order valence-electron chi connectivity index (χ1n) is 30.4. The fraction of sp³-hybridized carbons (Fsp3) is 0.885. The Kier molecular flexibility index (Phi) is 51.6. The Bertz CT molecular complexity index is 1230. The average molecular weight is 1010 g/mol. The van der Waals surface area contributed by atoms with Crippen LogP contribution in [0.4, 0.5) is 0 Å². The van der Waals surface area contributed by atoms with E-state index < -0.39 is 26.6 Å². The van der Waals surface area contributed by atoms with Crippen molar-refractivity contribution in [2.45, 2.75) is 309 Å². The van der Waals surface area contributed by atoms with E-state index >= 15 is 0 Å². The zero-order valence-electron chi connectivity index (χ0n) is 47.2. The number of carbonyl (C=O) groups is 1. The first kappa shape index (κ1) is 68.7. The number of nitrogens with zero attached hydrogens (tertiary/aromatic N) is 1. The van der Waals surface area contributed by atoms with Crippen molar-refractivity contribution in [1.29, 1.82) is 0 Å². The van der Waals surface area contributed by atoms with Gasteiger partial charge in [0.05, 0.1) is 39.9 Å². The fourth-order valence-corrected chi connectivity index (χ4v) is 9.79. The Hall–Kier alpha value is -1.28. The standard InChI is InChI=1S/C61H119N2O6P/c1-6-8-10-12-14-16-18-20-22-24-26-28-30-32-34-36-38-40-42-44-46-48-50-52-54-60(64)59(58-69-70(66,67)68-57-56-63(3,4)5)62-61(65)55-53-51-49-47-45-43-41-39-37-35-33-31-29-27-25-23-21-19-17-15-13-11-9-7-2/h36,38,44,46,52,54,59-60,64H,6-35,37,39-43,45,47-51,53,55-58H2,1-5H3,(H-,62,65,66,67)/b38-36+,46-44+,54-52+. The number of aliphatic hydroxyl groups is 1. The van der Waals surface area contributed by atoms with Crippen LogP contribution in [0.5, 0.6) is 0 Å². The number of rotatable bonds is 56. The monoisotopic (exact) mass is 1010 g/mol. The third-order valence-corrected chi connectivity index (χ3v) is 14.8. The summed E-state index contributed by atoms with van der Waals surface area (Å²) in [5, 5.41) is 13.9. The maximum atomic E-state index is 13.0. The van der Waals surface area contributed by atoms with Crippen LogP contribution >= 0.6 is 7.82 Å². The highest BCUT2D eigenvalue weighted by Crippen LogP contribution is 2.38. The molecule has 0 aromatic carbocycles. The summed E-state index contributed by atoms with van der Waals surface area (Å²) in [5.41, 5.74) is 0. The van der Waals surface area contributed by atoms with Crippen LogP contribution in [0.2, 0.25) is 0 Å². The predicted octanol–water partition coefficient (Wildman–Crippen LogP) is 17.9. The van der Waals surface area contributed by atoms with Gasteiger partial charge in [-0.2, -0.15) is 0 Å². The number of phosphoric acid groups is 1. The molecule has 1 amide bonds. The maximum absolute atomic E-state index is 13.0. The van der Waals surface area contributed by atoms with Gasteiger partial charge in [-0.1, -0.05) is 281 Å². The van der Waals surface area contributed by atoms with Gasteiger partial charge in [0.15, 0.2) is 0 Å². The molecule has 0 aliphatic heterocycles. The number of phosphoric ester groups is 1. The van der Waals surface area contributed by atoms with Gasteiger partial charge in [-0.15, -0.1) is 0 Å². The Morgan fingerprint density at radius 3 is 1.16 bits per heavy atom. The predicted molar refractivity (Wildman–Crippen MR) is 302 cm³/mol. The van der Waals surface area contributed by atoms with Crippen molar-refractivity contribution >= 4 is 13.7 Å². The van der Waals surface area contributed by atoms with E-state index in [0.29, 0.717) is 17.4 Å². The van der Waals surface area contributed by atoms with E-state index in [1.165, 1.54) is 231 Å². The van der Waals surface area contributed by atoms with Gasteiger partial charge in [-0.3, -0.25) is 9.36 Å². The van der Waals surface area contributed by atoms with Crippen LogP contribution in [0, 0.1) is 0 Å². The zero-order chi connectivity index (χ0) is 51.3. The fourth-order valence-electron chi connectivity index (χ4n) is 9.07. The van der Waals surface area contributed by atoms with Crippen LogP contribution in [-0.4, -0.2) is 68.5 Å². The highest BCUT2D eigenvalue weighted by atomic mass is 31.2. The van der Waals surface area contributed by atoms with E-state index in [1.807, 2.05) is 27.2 Å². The molecule has 0 saturated heterocycles. The zero-order valence-corrected chi connectivity index (χ0v) is 48.1. The topological polar surface area (TPSA) is 108 Å². The van der Waals surface area contributed by atoms with Crippen molar-refractivity contribution in [3.05, 3.63) is 36.5 Å². The third kappa shape index (κ3) is 54.5. The van der Waals surface area contributed by atoms with Gasteiger partial charge in [0.2, 0.25) is 5.91 Å². The molecule has 0 bridgehead atoms. The van der Waals surface area contributed by atoms with Crippen molar-refractivity contribution < 1.29 is 32.9 Å². The number of allylic oxidation sites excluding steroid dienone is 5. The SMILES string of the molecule is CCCCCCCCCCCCCCCC/C=C/CC/C=C/CC/C=C/C(O)C(COP(=O)([O-])OCC[N+](C)(C)C)NC(=O)CCCCCCCCCCCCCCCCCCCCCCCCCC. The summed E-state index contributed by atoms with van der Waals surface area (Å²) in [4.78, 5) is 25.5. The second-order valence-corrected chi connectivity index (χ2v) is 23.5. The quantitative estimate of drug-likeness (QED) is 0.0272. The van der Waals surface area contributed by atoms with Crippen LogP contribution in [-0.2, 0) is 18.4 Å². The largest absolute Gasteiger partial charge is 0.756 e. The van der Waals surface area contributed by atoms with Gasteiger partial charge in [0, 0.05) is 6.42 Å². The highest BCUT2D eigenvalue weighted by molar-refractivity contribution is 7.45. The lowest BCUT2D eigenvalue weighted by molar-refractivity contribution is -0.870. The number of aliphatic hydroxyl groups excluding tert-OH is 1.